The lowest BCUT2D eigenvalue weighted by Crippen LogP contribution is -2.47. The van der Waals surface area contributed by atoms with E-state index in [4.69, 9.17) is 17.0 Å². The number of ether oxygens (including phenoxy) is 1. The molecule has 0 amide bonds. The Hall–Kier alpha value is -1.70. The number of rotatable bonds is 4. The van der Waals surface area contributed by atoms with E-state index in [9.17, 15) is 8.78 Å². The van der Waals surface area contributed by atoms with E-state index in [0.29, 0.717) is 34.9 Å². The number of halogens is 2. The van der Waals surface area contributed by atoms with Gasteiger partial charge in [-0.15, -0.1) is 0 Å². The number of alkyl halides is 2. The molecule has 1 aliphatic heterocycles. The Morgan fingerprint density at radius 1 is 1.15 bits per heavy atom. The Balaban J connectivity index is 1.63. The lowest BCUT2D eigenvalue weighted by Gasteiger charge is -2.38. The highest BCUT2D eigenvalue weighted by atomic mass is 32.2. The van der Waals surface area contributed by atoms with Crippen LogP contribution in [0.25, 0.3) is 0 Å². The van der Waals surface area contributed by atoms with Crippen molar-refractivity contribution in [3.05, 3.63) is 60.2 Å². The van der Waals surface area contributed by atoms with Gasteiger partial charge >= 0.3 is 0 Å². The first-order chi connectivity index (χ1) is 12.5. The molecule has 0 spiro atoms. The number of morpholine rings is 1. The molecular weight excluding hydrogens is 374 g/mol. The summed E-state index contributed by atoms with van der Waals surface area (Å²) < 4.78 is 30.8. The van der Waals surface area contributed by atoms with Gasteiger partial charge in [0.05, 0.1) is 12.6 Å². The van der Waals surface area contributed by atoms with Gasteiger partial charge in [-0.2, -0.15) is 8.78 Å². The summed E-state index contributed by atoms with van der Waals surface area (Å²) in [5.74, 6) is -2.42. The number of anilines is 1. The zero-order valence-corrected chi connectivity index (χ0v) is 15.9. The average molecular weight is 395 g/mol. The zero-order chi connectivity index (χ0) is 18.5. The van der Waals surface area contributed by atoms with Gasteiger partial charge < -0.3 is 15.0 Å². The molecule has 2 aromatic rings. The number of thioether (sulfide) groups is 1. The second-order valence-electron chi connectivity index (χ2n) is 6.08. The molecule has 0 radical (unpaired) electrons. The second-order valence-corrected chi connectivity index (χ2v) is 7.53. The third kappa shape index (κ3) is 5.16. The molecule has 0 aromatic heterocycles. The first kappa shape index (κ1) is 19.1. The molecule has 0 unspecified atom stereocenters. The standard InChI is InChI=1S/C19H20F2N2OS2/c1-13-11-23(12-17(24-13)14-5-3-2-4-6-14)19(25)22-15-7-9-16(10-8-15)26-18(20)21/h2-10,13,17-18H,11-12H2,1H3,(H,22,25)/t13-,17-/m0/s1. The van der Waals surface area contributed by atoms with E-state index in [2.05, 4.69) is 22.3 Å². The minimum Gasteiger partial charge on any atom is -0.367 e. The minimum atomic E-state index is -2.42. The molecule has 1 heterocycles. The molecule has 7 heteroatoms. The van der Waals surface area contributed by atoms with Crippen molar-refractivity contribution >= 4 is 34.8 Å². The molecule has 1 saturated heterocycles. The quantitative estimate of drug-likeness (QED) is 0.570. The average Bonchev–Trinajstić information content (AvgIpc) is 2.63. The Bertz CT molecular complexity index is 728. The van der Waals surface area contributed by atoms with Crippen LogP contribution in [-0.2, 0) is 4.74 Å². The van der Waals surface area contributed by atoms with Crippen molar-refractivity contribution < 1.29 is 13.5 Å². The molecule has 0 saturated carbocycles. The van der Waals surface area contributed by atoms with Crippen LogP contribution in [0.4, 0.5) is 14.5 Å². The maximum atomic E-state index is 12.4. The van der Waals surface area contributed by atoms with E-state index in [1.54, 1.807) is 24.3 Å². The lowest BCUT2D eigenvalue weighted by atomic mass is 10.1. The highest BCUT2D eigenvalue weighted by Gasteiger charge is 2.27. The summed E-state index contributed by atoms with van der Waals surface area (Å²) in [5.41, 5.74) is 1.91. The topological polar surface area (TPSA) is 24.5 Å². The van der Waals surface area contributed by atoms with Crippen LogP contribution < -0.4 is 5.32 Å². The summed E-state index contributed by atoms with van der Waals surface area (Å²) >= 11 is 6.08. The van der Waals surface area contributed by atoms with Crippen molar-refractivity contribution in [1.29, 1.82) is 0 Å². The maximum absolute atomic E-state index is 12.4. The fraction of sp³-hybridized carbons (Fsp3) is 0.316. The zero-order valence-electron chi connectivity index (χ0n) is 14.3. The van der Waals surface area contributed by atoms with Crippen LogP contribution in [0.1, 0.15) is 18.6 Å². The van der Waals surface area contributed by atoms with Gasteiger partial charge in [0.2, 0.25) is 0 Å². The summed E-state index contributed by atoms with van der Waals surface area (Å²) in [7, 11) is 0. The molecule has 1 aliphatic rings. The second kappa shape index (κ2) is 8.79. The Labute approximate surface area is 161 Å². The van der Waals surface area contributed by atoms with Gasteiger partial charge in [-0.3, -0.25) is 0 Å². The maximum Gasteiger partial charge on any atom is 0.288 e. The largest absolute Gasteiger partial charge is 0.367 e. The van der Waals surface area contributed by atoms with Crippen LogP contribution in [0, 0.1) is 0 Å². The highest BCUT2D eigenvalue weighted by molar-refractivity contribution is 7.99. The molecule has 3 rings (SSSR count). The van der Waals surface area contributed by atoms with Crippen molar-refractivity contribution in [3.8, 4) is 0 Å². The van der Waals surface area contributed by atoms with E-state index in [-0.39, 0.29) is 12.2 Å². The fourth-order valence-electron chi connectivity index (χ4n) is 2.89. The molecule has 1 fully saturated rings. The number of nitrogens with one attached hydrogen (secondary N) is 1. The number of hydrogen-bond acceptors (Lipinski definition) is 3. The van der Waals surface area contributed by atoms with Crippen LogP contribution in [0.3, 0.4) is 0 Å². The van der Waals surface area contributed by atoms with Gasteiger partial charge in [0.1, 0.15) is 6.10 Å². The van der Waals surface area contributed by atoms with E-state index < -0.39 is 5.76 Å². The number of hydrogen-bond donors (Lipinski definition) is 1. The van der Waals surface area contributed by atoms with Crippen molar-refractivity contribution in [2.45, 2.75) is 29.8 Å². The number of benzene rings is 2. The van der Waals surface area contributed by atoms with Gasteiger partial charge in [0, 0.05) is 17.1 Å². The Morgan fingerprint density at radius 2 is 1.85 bits per heavy atom. The van der Waals surface area contributed by atoms with E-state index in [0.717, 1.165) is 11.3 Å². The molecule has 3 nitrogen and oxygen atoms in total. The van der Waals surface area contributed by atoms with Crippen LogP contribution in [0.5, 0.6) is 0 Å². The minimum absolute atomic E-state index is 0.0375. The van der Waals surface area contributed by atoms with E-state index >= 15 is 0 Å². The summed E-state index contributed by atoms with van der Waals surface area (Å²) in [6.07, 6.45) is 0.0167. The van der Waals surface area contributed by atoms with Crippen LogP contribution in [0.15, 0.2) is 59.5 Å². The van der Waals surface area contributed by atoms with Crippen LogP contribution >= 0.6 is 24.0 Å². The highest BCUT2D eigenvalue weighted by Crippen LogP contribution is 2.27. The fourth-order valence-corrected chi connectivity index (χ4v) is 3.66. The van der Waals surface area contributed by atoms with Gasteiger partial charge in [0.15, 0.2) is 5.11 Å². The predicted molar refractivity (Wildman–Crippen MR) is 106 cm³/mol. The normalized spacial score (nSPS) is 20.2. The van der Waals surface area contributed by atoms with Gasteiger partial charge in [0.25, 0.3) is 5.76 Å². The van der Waals surface area contributed by atoms with Gasteiger partial charge in [-0.25, -0.2) is 0 Å². The smallest absolute Gasteiger partial charge is 0.288 e. The molecular formula is C19H20F2N2OS2. The van der Waals surface area contributed by atoms with E-state index in [1.807, 2.05) is 25.1 Å². The third-order valence-electron chi connectivity index (χ3n) is 4.05. The third-order valence-corrected chi connectivity index (χ3v) is 5.13. The molecule has 26 heavy (non-hydrogen) atoms. The monoisotopic (exact) mass is 394 g/mol. The Morgan fingerprint density at radius 3 is 2.50 bits per heavy atom. The van der Waals surface area contributed by atoms with Gasteiger partial charge in [-0.1, -0.05) is 42.1 Å². The van der Waals surface area contributed by atoms with Crippen molar-refractivity contribution in [2.75, 3.05) is 18.4 Å². The first-order valence-electron chi connectivity index (χ1n) is 8.32. The molecule has 1 N–H and O–H groups in total. The van der Waals surface area contributed by atoms with E-state index in [1.165, 1.54) is 0 Å². The predicted octanol–water partition coefficient (Wildman–Crippen LogP) is 5.16. The van der Waals surface area contributed by atoms with Crippen molar-refractivity contribution in [2.24, 2.45) is 0 Å². The van der Waals surface area contributed by atoms with Gasteiger partial charge in [-0.05, 0) is 49.0 Å². The molecule has 0 aliphatic carbocycles. The summed E-state index contributed by atoms with van der Waals surface area (Å²) in [6.45, 7) is 3.40. The van der Waals surface area contributed by atoms with Crippen molar-refractivity contribution in [1.82, 2.24) is 4.90 Å². The molecule has 2 aromatic carbocycles. The summed E-state index contributed by atoms with van der Waals surface area (Å²) in [6, 6.07) is 16.9. The van der Waals surface area contributed by atoms with Crippen molar-refractivity contribution in [3.63, 3.8) is 0 Å². The summed E-state index contributed by atoms with van der Waals surface area (Å²) in [4.78, 5) is 2.61. The molecule has 138 valence electrons. The van der Waals surface area contributed by atoms with Crippen LogP contribution in [-0.4, -0.2) is 35.0 Å². The first-order valence-corrected chi connectivity index (χ1v) is 9.61. The molecule has 0 bridgehead atoms. The molecule has 2 atom stereocenters. The number of nitrogens with zero attached hydrogens (tertiary/aromatic N) is 1. The summed E-state index contributed by atoms with van der Waals surface area (Å²) in [5, 5.41) is 3.80. The Kier molecular flexibility index (Phi) is 6.45. The van der Waals surface area contributed by atoms with Crippen LogP contribution in [0.2, 0.25) is 0 Å². The number of thiocarbonyl (C=S) groups is 1. The SMILES string of the molecule is C[C@H]1CN(C(=S)Nc2ccc(SC(F)F)cc2)C[C@@H](c2ccccc2)O1. The lowest BCUT2D eigenvalue weighted by molar-refractivity contribution is -0.0589.